The summed E-state index contributed by atoms with van der Waals surface area (Å²) in [6, 6.07) is 5.35. The Hall–Kier alpha value is -3.36. The number of amides is 2. The molecule has 28 heavy (non-hydrogen) atoms. The van der Waals surface area contributed by atoms with E-state index in [4.69, 9.17) is 14.0 Å². The molecule has 1 aromatic carbocycles. The molecule has 0 fully saturated rings. The molecule has 1 heterocycles. The topological polar surface area (TPSA) is 120 Å². The number of ether oxygens (including phenoxy) is 2. The number of nitrogens with zero attached hydrogens (tertiary/aromatic N) is 1. The van der Waals surface area contributed by atoms with Crippen LogP contribution in [0.15, 0.2) is 22.7 Å². The zero-order valence-electron chi connectivity index (χ0n) is 16.3. The summed E-state index contributed by atoms with van der Waals surface area (Å²) >= 11 is 0. The van der Waals surface area contributed by atoms with Crippen molar-refractivity contribution in [2.24, 2.45) is 0 Å². The first-order chi connectivity index (χ1) is 13.3. The molecule has 0 spiro atoms. The number of aryl methyl sites for hydroxylation is 3. The van der Waals surface area contributed by atoms with Crippen molar-refractivity contribution in [3.63, 3.8) is 0 Å². The van der Waals surface area contributed by atoms with Crippen LogP contribution in [0.2, 0.25) is 0 Å². The number of esters is 1. The highest BCUT2D eigenvalue weighted by atomic mass is 16.5. The Bertz CT molecular complexity index is 875. The van der Waals surface area contributed by atoms with Gasteiger partial charge in [0.2, 0.25) is 5.91 Å². The van der Waals surface area contributed by atoms with E-state index in [1.807, 2.05) is 19.9 Å². The van der Waals surface area contributed by atoms with Crippen molar-refractivity contribution in [1.82, 2.24) is 10.5 Å². The quantitative estimate of drug-likeness (QED) is 0.660. The maximum Gasteiger partial charge on any atom is 0.344 e. The highest BCUT2D eigenvalue weighted by Crippen LogP contribution is 2.24. The molecule has 150 valence electrons. The minimum atomic E-state index is -0.695. The van der Waals surface area contributed by atoms with Crippen molar-refractivity contribution < 1.29 is 28.4 Å². The van der Waals surface area contributed by atoms with Crippen molar-refractivity contribution in [2.45, 2.75) is 27.2 Å². The van der Waals surface area contributed by atoms with Gasteiger partial charge in [0.15, 0.2) is 6.61 Å². The number of aromatic nitrogens is 1. The van der Waals surface area contributed by atoms with Crippen LogP contribution in [-0.2, 0) is 20.7 Å². The molecule has 2 rings (SSSR count). The van der Waals surface area contributed by atoms with E-state index in [1.54, 1.807) is 19.1 Å². The third-order valence-electron chi connectivity index (χ3n) is 3.88. The third-order valence-corrected chi connectivity index (χ3v) is 3.88. The highest BCUT2D eigenvalue weighted by Gasteiger charge is 2.21. The van der Waals surface area contributed by atoms with E-state index in [1.165, 1.54) is 7.11 Å². The molecule has 0 radical (unpaired) electrons. The van der Waals surface area contributed by atoms with Crippen LogP contribution in [-0.4, -0.2) is 43.2 Å². The first-order valence-corrected chi connectivity index (χ1v) is 8.69. The maximum atomic E-state index is 12.1. The first-order valence-electron chi connectivity index (χ1n) is 8.69. The van der Waals surface area contributed by atoms with E-state index >= 15 is 0 Å². The zero-order valence-corrected chi connectivity index (χ0v) is 16.3. The van der Waals surface area contributed by atoms with Gasteiger partial charge >= 0.3 is 5.97 Å². The number of anilines is 1. The van der Waals surface area contributed by atoms with Gasteiger partial charge in [0, 0.05) is 0 Å². The number of nitrogens with one attached hydrogen (secondary N) is 2. The highest BCUT2D eigenvalue weighted by molar-refractivity contribution is 5.96. The van der Waals surface area contributed by atoms with Crippen LogP contribution in [0, 0.1) is 13.8 Å². The van der Waals surface area contributed by atoms with Crippen molar-refractivity contribution in [2.75, 3.05) is 25.6 Å². The minimum Gasteiger partial charge on any atom is -0.495 e. The van der Waals surface area contributed by atoms with Gasteiger partial charge < -0.3 is 24.6 Å². The molecule has 1 aromatic heterocycles. The Kier molecular flexibility index (Phi) is 7.14. The lowest BCUT2D eigenvalue weighted by atomic mass is 10.1. The smallest absolute Gasteiger partial charge is 0.344 e. The van der Waals surface area contributed by atoms with Gasteiger partial charge in [-0.3, -0.25) is 9.59 Å². The van der Waals surface area contributed by atoms with Gasteiger partial charge in [0.05, 0.1) is 25.0 Å². The molecule has 0 atom stereocenters. The molecular formula is C19H23N3O6. The molecule has 0 bridgehead atoms. The Morgan fingerprint density at radius 2 is 1.93 bits per heavy atom. The summed E-state index contributed by atoms with van der Waals surface area (Å²) in [5, 5.41) is 8.81. The summed E-state index contributed by atoms with van der Waals surface area (Å²) in [6.07, 6.45) is 0.497. The van der Waals surface area contributed by atoms with Gasteiger partial charge in [-0.1, -0.05) is 18.1 Å². The summed E-state index contributed by atoms with van der Waals surface area (Å²) in [5.74, 6) is -0.901. The van der Waals surface area contributed by atoms with Crippen molar-refractivity contribution in [3.05, 3.63) is 40.8 Å². The number of carbonyl (C=O) groups excluding carboxylic acids is 3. The molecule has 0 saturated heterocycles. The molecule has 2 amide bonds. The summed E-state index contributed by atoms with van der Waals surface area (Å²) in [6.45, 7) is 4.50. The number of hydrogen-bond acceptors (Lipinski definition) is 7. The molecular weight excluding hydrogens is 366 g/mol. The lowest BCUT2D eigenvalue weighted by Crippen LogP contribution is -2.35. The molecule has 2 N–H and O–H groups in total. The molecule has 0 unspecified atom stereocenters. The fourth-order valence-electron chi connectivity index (χ4n) is 2.47. The molecule has 9 heteroatoms. The van der Waals surface area contributed by atoms with E-state index < -0.39 is 24.4 Å². The first kappa shape index (κ1) is 20.9. The van der Waals surface area contributed by atoms with Crippen LogP contribution >= 0.6 is 0 Å². The van der Waals surface area contributed by atoms with E-state index in [0.717, 1.165) is 5.56 Å². The van der Waals surface area contributed by atoms with Crippen molar-refractivity contribution >= 4 is 23.5 Å². The van der Waals surface area contributed by atoms with Gasteiger partial charge in [0.25, 0.3) is 5.91 Å². The van der Waals surface area contributed by atoms with Crippen LogP contribution in [0.5, 0.6) is 5.75 Å². The largest absolute Gasteiger partial charge is 0.495 e. The standard InChI is InChI=1S/C19H23N3O6/c1-5-13-18(12(3)28-22-13)19(25)27-10-17(24)20-9-16(23)21-14-8-11(2)6-7-15(14)26-4/h6-8H,5,9-10H2,1-4H3,(H,20,24)(H,21,23). The minimum absolute atomic E-state index is 0.222. The number of hydrogen-bond donors (Lipinski definition) is 2. The van der Waals surface area contributed by atoms with Crippen LogP contribution in [0.4, 0.5) is 5.69 Å². The van der Waals surface area contributed by atoms with Crippen molar-refractivity contribution in [1.29, 1.82) is 0 Å². The molecule has 9 nitrogen and oxygen atoms in total. The number of carbonyl (C=O) groups is 3. The number of benzene rings is 1. The van der Waals surface area contributed by atoms with E-state index in [2.05, 4.69) is 15.8 Å². The summed E-state index contributed by atoms with van der Waals surface area (Å²) in [5.41, 5.74) is 2.14. The molecule has 2 aromatic rings. The van der Waals surface area contributed by atoms with Crippen LogP contribution in [0.3, 0.4) is 0 Å². The van der Waals surface area contributed by atoms with Gasteiger partial charge in [0.1, 0.15) is 17.1 Å². The van der Waals surface area contributed by atoms with E-state index in [-0.39, 0.29) is 12.1 Å². The second kappa shape index (κ2) is 9.54. The van der Waals surface area contributed by atoms with Gasteiger partial charge in [-0.15, -0.1) is 0 Å². The van der Waals surface area contributed by atoms with Crippen LogP contribution in [0.25, 0.3) is 0 Å². The Labute approximate surface area is 162 Å². The van der Waals surface area contributed by atoms with Crippen molar-refractivity contribution in [3.8, 4) is 5.75 Å². The summed E-state index contributed by atoms with van der Waals surface area (Å²) < 4.78 is 15.1. The predicted molar refractivity (Wildman–Crippen MR) is 100 cm³/mol. The number of rotatable bonds is 8. The average Bonchev–Trinajstić information content (AvgIpc) is 3.05. The molecule has 0 aliphatic heterocycles. The summed E-state index contributed by atoms with van der Waals surface area (Å²) in [4.78, 5) is 36.0. The monoisotopic (exact) mass is 389 g/mol. The van der Waals surface area contributed by atoms with Crippen LogP contribution < -0.4 is 15.4 Å². The summed E-state index contributed by atoms with van der Waals surface area (Å²) in [7, 11) is 1.50. The molecule has 0 aliphatic carbocycles. The zero-order chi connectivity index (χ0) is 20.7. The van der Waals surface area contributed by atoms with E-state index in [0.29, 0.717) is 29.3 Å². The lowest BCUT2D eigenvalue weighted by molar-refractivity contribution is -0.126. The number of methoxy groups -OCH3 is 1. The molecule has 0 saturated carbocycles. The fraction of sp³-hybridized carbons (Fsp3) is 0.368. The van der Waals surface area contributed by atoms with Gasteiger partial charge in [-0.2, -0.15) is 0 Å². The predicted octanol–water partition coefficient (Wildman–Crippen LogP) is 1.77. The fourth-order valence-corrected chi connectivity index (χ4v) is 2.47. The Morgan fingerprint density at radius 3 is 2.61 bits per heavy atom. The average molecular weight is 389 g/mol. The lowest BCUT2D eigenvalue weighted by Gasteiger charge is -2.11. The second-order valence-electron chi connectivity index (χ2n) is 6.02. The van der Waals surface area contributed by atoms with Gasteiger partial charge in [-0.05, 0) is 38.0 Å². The molecule has 0 aliphatic rings. The Balaban J connectivity index is 1.82. The van der Waals surface area contributed by atoms with E-state index in [9.17, 15) is 14.4 Å². The SMILES string of the molecule is CCc1noc(C)c1C(=O)OCC(=O)NCC(=O)Nc1cc(C)ccc1OC. The Morgan fingerprint density at radius 1 is 1.18 bits per heavy atom. The maximum absolute atomic E-state index is 12.1. The van der Waals surface area contributed by atoms with Crippen LogP contribution in [0.1, 0.15) is 34.3 Å². The normalized spacial score (nSPS) is 10.3. The second-order valence-corrected chi connectivity index (χ2v) is 6.02. The third kappa shape index (κ3) is 5.32. The van der Waals surface area contributed by atoms with Gasteiger partial charge in [-0.25, -0.2) is 4.79 Å².